The number of nitriles is 1. The molecule has 3 N–H and O–H groups in total. The third kappa shape index (κ3) is 5.90. The van der Waals surface area contributed by atoms with Crippen molar-refractivity contribution < 1.29 is 9.84 Å². The molecule has 0 spiro atoms. The molecule has 0 saturated carbocycles. The first kappa shape index (κ1) is 22.0. The number of nitrogens with one attached hydrogen (secondary N) is 2. The number of pyridine rings is 1. The zero-order valence-electron chi connectivity index (χ0n) is 17.7. The van der Waals surface area contributed by atoms with Gasteiger partial charge in [-0.15, -0.1) is 0 Å². The van der Waals surface area contributed by atoms with Crippen molar-refractivity contribution >= 4 is 5.82 Å². The predicted molar refractivity (Wildman–Crippen MR) is 119 cm³/mol. The summed E-state index contributed by atoms with van der Waals surface area (Å²) in [6.45, 7) is 5.72. The molecule has 3 aromatic rings. The quantitative estimate of drug-likeness (QED) is 0.548. The van der Waals surface area contributed by atoms with Crippen LogP contribution >= 0.6 is 0 Å². The van der Waals surface area contributed by atoms with Crippen LogP contribution in [0.2, 0.25) is 0 Å². The second-order valence-corrected chi connectivity index (χ2v) is 6.76. The van der Waals surface area contributed by atoms with E-state index in [1.807, 2.05) is 13.8 Å². The first-order valence-electron chi connectivity index (χ1n) is 10.4. The first-order valence-corrected chi connectivity index (χ1v) is 10.4. The Bertz CT molecular complexity index is 1040. The normalized spacial score (nSPS) is 14.8. The average Bonchev–Trinajstić information content (AvgIpc) is 3.33. The van der Waals surface area contributed by atoms with Crippen molar-refractivity contribution in [1.29, 1.82) is 5.26 Å². The number of benzene rings is 1. The molecule has 1 saturated heterocycles. The van der Waals surface area contributed by atoms with Crippen molar-refractivity contribution in [1.82, 2.24) is 20.3 Å². The third-order valence-electron chi connectivity index (χ3n) is 4.61. The molecule has 1 atom stereocenters. The molecule has 8 nitrogen and oxygen atoms in total. The maximum absolute atomic E-state index is 9.72. The molecule has 0 amide bonds. The van der Waals surface area contributed by atoms with Gasteiger partial charge in [-0.3, -0.25) is 4.98 Å². The number of hydrogen-bond acceptors (Lipinski definition) is 8. The molecule has 4 rings (SSSR count). The van der Waals surface area contributed by atoms with Crippen LogP contribution in [-0.4, -0.2) is 39.2 Å². The zero-order chi connectivity index (χ0) is 22.1. The van der Waals surface area contributed by atoms with Crippen molar-refractivity contribution in [2.45, 2.75) is 32.7 Å². The van der Waals surface area contributed by atoms with Gasteiger partial charge in [0.15, 0.2) is 5.82 Å². The van der Waals surface area contributed by atoms with Gasteiger partial charge >= 0.3 is 0 Å². The molecule has 0 aliphatic carbocycles. The van der Waals surface area contributed by atoms with Crippen LogP contribution in [0.1, 0.15) is 32.3 Å². The summed E-state index contributed by atoms with van der Waals surface area (Å²) in [6.07, 6.45) is 7.00. The van der Waals surface area contributed by atoms with Crippen LogP contribution in [0.25, 0.3) is 11.3 Å². The summed E-state index contributed by atoms with van der Waals surface area (Å²) in [5, 5.41) is 25.6. The van der Waals surface area contributed by atoms with Gasteiger partial charge in [0.1, 0.15) is 17.6 Å². The third-order valence-corrected chi connectivity index (χ3v) is 4.61. The number of phenols is 1. The topological polar surface area (TPSA) is 116 Å². The Morgan fingerprint density at radius 2 is 2.13 bits per heavy atom. The molecule has 1 unspecified atom stereocenters. The Hall–Kier alpha value is -3.70. The van der Waals surface area contributed by atoms with Crippen molar-refractivity contribution in [2.75, 3.05) is 18.4 Å². The lowest BCUT2D eigenvalue weighted by molar-refractivity contribution is 0.445. The highest BCUT2D eigenvalue weighted by Crippen LogP contribution is 2.30. The second kappa shape index (κ2) is 10.9. The summed E-state index contributed by atoms with van der Waals surface area (Å²) in [4.78, 5) is 13.2. The molecule has 1 aliphatic heterocycles. The van der Waals surface area contributed by atoms with Crippen LogP contribution in [0.4, 0.5) is 5.82 Å². The van der Waals surface area contributed by atoms with E-state index in [1.165, 1.54) is 12.3 Å². The van der Waals surface area contributed by atoms with Gasteiger partial charge in [0.25, 0.3) is 5.88 Å². The predicted octanol–water partition coefficient (Wildman–Crippen LogP) is 4.10. The molecular formula is C23H26N6O2. The van der Waals surface area contributed by atoms with E-state index in [1.54, 1.807) is 36.7 Å². The van der Waals surface area contributed by atoms with E-state index in [4.69, 9.17) is 10.00 Å². The van der Waals surface area contributed by atoms with Crippen molar-refractivity contribution in [3.63, 3.8) is 0 Å². The van der Waals surface area contributed by atoms with Gasteiger partial charge in [-0.25, -0.2) is 9.97 Å². The monoisotopic (exact) mass is 418 g/mol. The van der Waals surface area contributed by atoms with Gasteiger partial charge in [-0.1, -0.05) is 19.9 Å². The molecule has 8 heteroatoms. The largest absolute Gasteiger partial charge is 0.508 e. The van der Waals surface area contributed by atoms with E-state index in [0.29, 0.717) is 41.0 Å². The van der Waals surface area contributed by atoms with E-state index >= 15 is 0 Å². The zero-order valence-corrected chi connectivity index (χ0v) is 17.7. The lowest BCUT2D eigenvalue weighted by Crippen LogP contribution is -2.29. The van der Waals surface area contributed by atoms with Gasteiger partial charge in [0.05, 0.1) is 17.5 Å². The lowest BCUT2D eigenvalue weighted by Gasteiger charge is -2.15. The van der Waals surface area contributed by atoms with E-state index < -0.39 is 0 Å². The Morgan fingerprint density at radius 1 is 1.26 bits per heavy atom. The molecule has 0 bridgehead atoms. The SMILES string of the molecule is CC.N#Cc1cncc(-c2cnc(NCC3CCCN3)c(Oc3cccc(O)c3)n2)c1. The number of anilines is 1. The summed E-state index contributed by atoms with van der Waals surface area (Å²) in [6, 6.07) is 10.6. The van der Waals surface area contributed by atoms with Crippen LogP contribution in [0.15, 0.2) is 48.9 Å². The number of phenolic OH excluding ortho intramolecular Hbond substituents is 1. The molecule has 1 fully saturated rings. The summed E-state index contributed by atoms with van der Waals surface area (Å²) in [7, 11) is 0. The van der Waals surface area contributed by atoms with Gasteiger partial charge in [-0.2, -0.15) is 5.26 Å². The highest BCUT2D eigenvalue weighted by atomic mass is 16.5. The van der Waals surface area contributed by atoms with Crippen LogP contribution in [0.3, 0.4) is 0 Å². The van der Waals surface area contributed by atoms with Gasteiger partial charge in [0, 0.05) is 36.6 Å². The number of ether oxygens (including phenoxy) is 1. The minimum absolute atomic E-state index is 0.0993. The van der Waals surface area contributed by atoms with Gasteiger partial charge < -0.3 is 20.5 Å². The Balaban J connectivity index is 0.00000132. The van der Waals surface area contributed by atoms with Crippen LogP contribution in [0, 0.1) is 11.3 Å². The Morgan fingerprint density at radius 3 is 2.87 bits per heavy atom. The van der Waals surface area contributed by atoms with E-state index in [0.717, 1.165) is 19.4 Å². The fourth-order valence-electron chi connectivity index (χ4n) is 3.15. The smallest absolute Gasteiger partial charge is 0.263 e. The van der Waals surface area contributed by atoms with E-state index in [2.05, 4.69) is 31.7 Å². The molecule has 2 aromatic heterocycles. The molecule has 31 heavy (non-hydrogen) atoms. The van der Waals surface area contributed by atoms with Crippen LogP contribution in [-0.2, 0) is 0 Å². The summed E-state index contributed by atoms with van der Waals surface area (Å²) in [5.41, 5.74) is 1.64. The molecule has 1 aromatic carbocycles. The standard InChI is InChI=1S/C21H20N6O2.C2H6/c22-9-14-7-15(11-23-10-14)19-13-26-20(25-12-16-3-2-6-24-16)21(27-19)29-18-5-1-4-17(28)8-18;1-2/h1,4-5,7-8,10-11,13,16,24,28H,2-3,6,12H2,(H,25,26);1-2H3. The number of aromatic nitrogens is 3. The molecule has 160 valence electrons. The lowest BCUT2D eigenvalue weighted by atomic mass is 10.2. The van der Waals surface area contributed by atoms with Gasteiger partial charge in [-0.05, 0) is 37.6 Å². The summed E-state index contributed by atoms with van der Waals surface area (Å²) in [5.74, 6) is 1.34. The van der Waals surface area contributed by atoms with Crippen molar-refractivity contribution in [3.05, 3.63) is 54.5 Å². The number of nitrogens with zero attached hydrogens (tertiary/aromatic N) is 4. The highest BCUT2D eigenvalue weighted by molar-refractivity contribution is 5.62. The second-order valence-electron chi connectivity index (χ2n) is 6.76. The molecule has 3 heterocycles. The first-order chi connectivity index (χ1) is 15.2. The maximum atomic E-state index is 9.72. The molecule has 0 radical (unpaired) electrons. The minimum Gasteiger partial charge on any atom is -0.508 e. The fraction of sp³-hybridized carbons (Fsp3) is 0.304. The van der Waals surface area contributed by atoms with Crippen molar-refractivity contribution in [2.24, 2.45) is 0 Å². The van der Waals surface area contributed by atoms with E-state index in [9.17, 15) is 5.11 Å². The Labute approximate surface area is 182 Å². The fourth-order valence-corrected chi connectivity index (χ4v) is 3.15. The van der Waals surface area contributed by atoms with Crippen LogP contribution in [0.5, 0.6) is 17.4 Å². The van der Waals surface area contributed by atoms with Gasteiger partial charge in [0.2, 0.25) is 0 Å². The maximum Gasteiger partial charge on any atom is 0.263 e. The highest BCUT2D eigenvalue weighted by Gasteiger charge is 2.17. The average molecular weight is 419 g/mol. The number of aromatic hydroxyl groups is 1. The van der Waals surface area contributed by atoms with Crippen LogP contribution < -0.4 is 15.4 Å². The van der Waals surface area contributed by atoms with Crippen molar-refractivity contribution in [3.8, 4) is 34.7 Å². The summed E-state index contributed by atoms with van der Waals surface area (Å²) >= 11 is 0. The molecule has 1 aliphatic rings. The number of rotatable bonds is 6. The molecular weight excluding hydrogens is 392 g/mol. The summed E-state index contributed by atoms with van der Waals surface area (Å²) < 4.78 is 5.92. The van der Waals surface area contributed by atoms with E-state index in [-0.39, 0.29) is 11.6 Å². The minimum atomic E-state index is 0.0993. The number of hydrogen-bond donors (Lipinski definition) is 3. The Kier molecular flexibility index (Phi) is 7.73.